The van der Waals surface area contributed by atoms with Gasteiger partial charge in [0.25, 0.3) is 0 Å². The molecular formula is C20H33Cl2N3O. The van der Waals surface area contributed by atoms with Crippen molar-refractivity contribution >= 4 is 30.7 Å². The van der Waals surface area contributed by atoms with Crippen LogP contribution in [-0.4, -0.2) is 35.0 Å². The first kappa shape index (κ1) is 23.2. The summed E-state index contributed by atoms with van der Waals surface area (Å²) in [7, 11) is 0. The van der Waals surface area contributed by atoms with Crippen LogP contribution >= 0.6 is 24.8 Å². The summed E-state index contributed by atoms with van der Waals surface area (Å²) in [6, 6.07) is 8.67. The summed E-state index contributed by atoms with van der Waals surface area (Å²) in [4.78, 5) is 15.1. The number of nitrogens with one attached hydrogen (secondary N) is 1. The van der Waals surface area contributed by atoms with Crippen molar-refractivity contribution in [3.05, 3.63) is 35.4 Å². The molecule has 0 bridgehead atoms. The molecule has 1 fully saturated rings. The lowest BCUT2D eigenvalue weighted by Gasteiger charge is -2.42. The predicted molar refractivity (Wildman–Crippen MR) is 112 cm³/mol. The third kappa shape index (κ3) is 5.13. The maximum atomic E-state index is 12.6. The number of amides is 1. The minimum Gasteiger partial charge on any atom is -0.353 e. The van der Waals surface area contributed by atoms with Gasteiger partial charge in [0.1, 0.15) is 0 Å². The van der Waals surface area contributed by atoms with Gasteiger partial charge in [0, 0.05) is 25.2 Å². The van der Waals surface area contributed by atoms with E-state index in [-0.39, 0.29) is 36.3 Å². The Bertz CT molecular complexity index is 600. The highest BCUT2D eigenvalue weighted by atomic mass is 35.5. The second kappa shape index (κ2) is 9.41. The van der Waals surface area contributed by atoms with Crippen LogP contribution in [0.1, 0.15) is 57.1 Å². The minimum absolute atomic E-state index is 0. The van der Waals surface area contributed by atoms with E-state index in [1.54, 1.807) is 0 Å². The Morgan fingerprint density at radius 1 is 1.15 bits per heavy atom. The number of rotatable bonds is 4. The number of carbonyl (C=O) groups excluding carboxylic acids is 1. The maximum Gasteiger partial charge on any atom is 0.240 e. The Balaban J connectivity index is 0.00000169. The fourth-order valence-electron chi connectivity index (χ4n) is 4.01. The normalized spacial score (nSPS) is 19.5. The van der Waals surface area contributed by atoms with Gasteiger partial charge in [0.15, 0.2) is 0 Å². The fourth-order valence-corrected chi connectivity index (χ4v) is 4.01. The first-order chi connectivity index (χ1) is 11.4. The van der Waals surface area contributed by atoms with Gasteiger partial charge >= 0.3 is 0 Å². The van der Waals surface area contributed by atoms with Gasteiger partial charge in [-0.05, 0) is 44.2 Å². The van der Waals surface area contributed by atoms with Gasteiger partial charge in [-0.2, -0.15) is 0 Å². The van der Waals surface area contributed by atoms with Crippen LogP contribution in [0.3, 0.4) is 0 Å². The monoisotopic (exact) mass is 401 g/mol. The molecule has 0 spiro atoms. The first-order valence-electron chi connectivity index (χ1n) is 9.30. The van der Waals surface area contributed by atoms with Crippen molar-refractivity contribution < 1.29 is 4.79 Å². The van der Waals surface area contributed by atoms with Crippen LogP contribution < -0.4 is 11.1 Å². The molecule has 2 aliphatic rings. The number of carbonyl (C=O) groups is 1. The van der Waals surface area contributed by atoms with Gasteiger partial charge in [-0.3, -0.25) is 9.69 Å². The van der Waals surface area contributed by atoms with E-state index in [1.165, 1.54) is 17.5 Å². The van der Waals surface area contributed by atoms with Gasteiger partial charge in [-0.25, -0.2) is 0 Å². The topological polar surface area (TPSA) is 58.4 Å². The van der Waals surface area contributed by atoms with Gasteiger partial charge in [0.2, 0.25) is 5.91 Å². The number of hydrogen-bond donors (Lipinski definition) is 2. The molecule has 0 saturated heterocycles. The van der Waals surface area contributed by atoms with E-state index in [4.69, 9.17) is 5.73 Å². The summed E-state index contributed by atoms with van der Waals surface area (Å²) < 4.78 is 0. The van der Waals surface area contributed by atoms with Gasteiger partial charge in [0.05, 0.1) is 5.54 Å². The van der Waals surface area contributed by atoms with Gasteiger partial charge < -0.3 is 11.1 Å². The lowest BCUT2D eigenvalue weighted by Crippen LogP contribution is -2.59. The van der Waals surface area contributed by atoms with E-state index >= 15 is 0 Å². The Morgan fingerprint density at radius 3 is 2.42 bits per heavy atom. The fraction of sp³-hybridized carbons (Fsp3) is 0.650. The molecule has 26 heavy (non-hydrogen) atoms. The number of halogens is 2. The zero-order chi connectivity index (χ0) is 17.2. The lowest BCUT2D eigenvalue weighted by molar-refractivity contribution is -0.128. The maximum absolute atomic E-state index is 12.6. The van der Waals surface area contributed by atoms with E-state index < -0.39 is 5.54 Å². The summed E-state index contributed by atoms with van der Waals surface area (Å²) in [6.45, 7) is 7.06. The Morgan fingerprint density at radius 2 is 1.77 bits per heavy atom. The number of nitrogens with two attached hydrogens (primary N) is 1. The Labute approximate surface area is 170 Å². The molecule has 1 saturated carbocycles. The van der Waals surface area contributed by atoms with Crippen molar-refractivity contribution in [2.75, 3.05) is 13.1 Å². The van der Waals surface area contributed by atoms with E-state index in [0.29, 0.717) is 6.54 Å². The largest absolute Gasteiger partial charge is 0.353 e. The SMILES string of the molecule is CC(C)(CNC(=O)C1(N)CCCCC1)N1CCc2ccccc2C1.Cl.Cl. The van der Waals surface area contributed by atoms with Crippen LogP contribution in [-0.2, 0) is 17.8 Å². The predicted octanol–water partition coefficient (Wildman–Crippen LogP) is 3.44. The summed E-state index contributed by atoms with van der Waals surface area (Å²) in [5.74, 6) is 0.0349. The van der Waals surface area contributed by atoms with Crippen molar-refractivity contribution in [1.82, 2.24) is 10.2 Å². The molecule has 148 valence electrons. The summed E-state index contributed by atoms with van der Waals surface area (Å²) in [5, 5.41) is 3.15. The molecule has 0 atom stereocenters. The number of benzene rings is 1. The molecule has 1 aliphatic carbocycles. The van der Waals surface area contributed by atoms with Crippen LogP contribution in [0.5, 0.6) is 0 Å². The molecule has 0 unspecified atom stereocenters. The minimum atomic E-state index is -0.650. The second-order valence-electron chi connectivity index (χ2n) is 8.15. The number of hydrogen-bond acceptors (Lipinski definition) is 3. The molecular weight excluding hydrogens is 369 g/mol. The zero-order valence-corrected chi connectivity index (χ0v) is 17.6. The standard InChI is InChI=1S/C20H31N3O.2ClH/c1-19(2,15-22-18(24)20(21)11-6-3-7-12-20)23-13-10-16-8-4-5-9-17(16)14-23;;/h4-5,8-9H,3,6-7,10-15,21H2,1-2H3,(H,22,24);2*1H. The number of fused-ring (bicyclic) bond motifs is 1. The highest BCUT2D eigenvalue weighted by Crippen LogP contribution is 2.27. The van der Waals surface area contributed by atoms with Crippen molar-refractivity contribution in [2.45, 2.75) is 70.0 Å². The lowest BCUT2D eigenvalue weighted by atomic mass is 9.81. The van der Waals surface area contributed by atoms with Crippen LogP contribution in [0.2, 0.25) is 0 Å². The molecule has 1 aromatic carbocycles. The van der Waals surface area contributed by atoms with E-state index in [0.717, 1.165) is 45.2 Å². The quantitative estimate of drug-likeness (QED) is 0.811. The molecule has 1 aromatic rings. The van der Waals surface area contributed by atoms with Crippen molar-refractivity contribution in [3.63, 3.8) is 0 Å². The summed E-state index contributed by atoms with van der Waals surface area (Å²) in [6.07, 6.45) is 6.04. The van der Waals surface area contributed by atoms with E-state index in [1.807, 2.05) is 0 Å². The molecule has 3 N–H and O–H groups in total. The molecule has 1 amide bonds. The molecule has 0 aromatic heterocycles. The van der Waals surface area contributed by atoms with Gasteiger partial charge in [-0.15, -0.1) is 24.8 Å². The highest BCUT2D eigenvalue weighted by molar-refractivity contribution is 5.86. The van der Waals surface area contributed by atoms with Gasteiger partial charge in [-0.1, -0.05) is 43.5 Å². The van der Waals surface area contributed by atoms with E-state index in [2.05, 4.69) is 48.3 Å². The number of nitrogens with zero attached hydrogens (tertiary/aromatic N) is 1. The smallest absolute Gasteiger partial charge is 0.240 e. The highest BCUT2D eigenvalue weighted by Gasteiger charge is 2.37. The van der Waals surface area contributed by atoms with E-state index in [9.17, 15) is 4.79 Å². The molecule has 1 aliphatic heterocycles. The van der Waals surface area contributed by atoms with Crippen molar-refractivity contribution in [3.8, 4) is 0 Å². The summed E-state index contributed by atoms with van der Waals surface area (Å²) >= 11 is 0. The molecule has 3 rings (SSSR count). The van der Waals surface area contributed by atoms with Crippen LogP contribution in [0.4, 0.5) is 0 Å². The first-order valence-corrected chi connectivity index (χ1v) is 9.30. The average molecular weight is 402 g/mol. The zero-order valence-electron chi connectivity index (χ0n) is 15.9. The van der Waals surface area contributed by atoms with Crippen LogP contribution in [0.25, 0.3) is 0 Å². The summed E-state index contributed by atoms with van der Waals surface area (Å²) in [5.41, 5.74) is 8.49. The molecule has 0 radical (unpaired) electrons. The Kier molecular flexibility index (Phi) is 8.40. The molecule has 4 nitrogen and oxygen atoms in total. The third-order valence-electron chi connectivity index (χ3n) is 5.87. The Hall–Kier alpha value is -0.810. The third-order valence-corrected chi connectivity index (χ3v) is 5.87. The van der Waals surface area contributed by atoms with Crippen molar-refractivity contribution in [2.24, 2.45) is 5.73 Å². The van der Waals surface area contributed by atoms with Crippen LogP contribution in [0, 0.1) is 0 Å². The van der Waals surface area contributed by atoms with Crippen molar-refractivity contribution in [1.29, 1.82) is 0 Å². The average Bonchev–Trinajstić information content (AvgIpc) is 2.60. The molecule has 1 heterocycles. The van der Waals surface area contributed by atoms with Crippen LogP contribution in [0.15, 0.2) is 24.3 Å². The second-order valence-corrected chi connectivity index (χ2v) is 8.15. The molecule has 6 heteroatoms.